The molecule has 1 heterocycles. The maximum Gasteiger partial charge on any atom is 0.217 e. The summed E-state index contributed by atoms with van der Waals surface area (Å²) in [7, 11) is -1.58. The Kier molecular flexibility index (Phi) is 8.85. The Bertz CT molecular complexity index is 1420. The van der Waals surface area contributed by atoms with Gasteiger partial charge in [-0.25, -0.2) is 13.0 Å². The summed E-state index contributed by atoms with van der Waals surface area (Å²) < 4.78 is 39.1. The summed E-state index contributed by atoms with van der Waals surface area (Å²) in [4.78, 5) is 0. The fourth-order valence-electron chi connectivity index (χ4n) is 3.20. The van der Waals surface area contributed by atoms with Gasteiger partial charge in [0, 0.05) is 17.5 Å². The molecule has 0 atom stereocenters. The Hall–Kier alpha value is -3.86. The standard InChI is InChI=1S/C24H21N3O2.CH4O4S/c1-27-16-7-6-9-19(27)15-17-29-23-12-5-4-11-21(23)25-26-24-20-10-3-2-8-18(20)13-14-22(24)28;1-5-6(2,3)4/h2-14,16H,15,17H2,1H3;1H3,(H,2,3,4). The van der Waals surface area contributed by atoms with E-state index in [1.165, 1.54) is 5.69 Å². The molecule has 0 amide bonds. The van der Waals surface area contributed by atoms with E-state index in [2.05, 4.69) is 25.0 Å². The zero-order valence-corrected chi connectivity index (χ0v) is 20.1. The summed E-state index contributed by atoms with van der Waals surface area (Å²) >= 11 is 0. The zero-order chi connectivity index (χ0) is 25.3. The van der Waals surface area contributed by atoms with Crippen molar-refractivity contribution < 1.29 is 31.6 Å². The van der Waals surface area contributed by atoms with Crippen LogP contribution in [0.25, 0.3) is 10.8 Å². The number of hydrogen-bond acceptors (Lipinski definition) is 8. The van der Waals surface area contributed by atoms with Crippen molar-refractivity contribution in [2.75, 3.05) is 13.7 Å². The quantitative estimate of drug-likeness (QED) is 0.174. The van der Waals surface area contributed by atoms with E-state index in [0.29, 0.717) is 23.7 Å². The third kappa shape index (κ3) is 7.57. The molecule has 9 nitrogen and oxygen atoms in total. The Morgan fingerprint density at radius 1 is 0.943 bits per heavy atom. The molecule has 0 saturated carbocycles. The van der Waals surface area contributed by atoms with Crippen LogP contribution in [0.2, 0.25) is 0 Å². The molecule has 4 aromatic rings. The lowest BCUT2D eigenvalue weighted by Gasteiger charge is -2.08. The number of ether oxygens (including phenoxy) is 1. The number of rotatable bonds is 7. The van der Waals surface area contributed by atoms with Gasteiger partial charge in [0.1, 0.15) is 29.9 Å². The molecule has 182 valence electrons. The molecule has 0 saturated heterocycles. The second kappa shape index (κ2) is 12.0. The summed E-state index contributed by atoms with van der Waals surface area (Å²) in [5.41, 5.74) is 2.26. The van der Waals surface area contributed by atoms with Gasteiger partial charge in [-0.15, -0.1) is 10.2 Å². The van der Waals surface area contributed by atoms with Crippen LogP contribution >= 0.6 is 0 Å². The minimum atomic E-state index is -4.41. The molecule has 0 fully saturated rings. The van der Waals surface area contributed by atoms with E-state index in [4.69, 9.17) is 4.74 Å². The van der Waals surface area contributed by atoms with E-state index in [-0.39, 0.29) is 5.75 Å². The first-order valence-corrected chi connectivity index (χ1v) is 11.9. The molecule has 0 aliphatic carbocycles. The molecule has 1 aromatic heterocycles. The van der Waals surface area contributed by atoms with E-state index in [9.17, 15) is 18.1 Å². The fourth-order valence-corrected chi connectivity index (χ4v) is 3.20. The lowest BCUT2D eigenvalue weighted by atomic mass is 10.1. The van der Waals surface area contributed by atoms with Crippen LogP contribution in [0.1, 0.15) is 5.69 Å². The third-order valence-electron chi connectivity index (χ3n) is 4.98. The first-order valence-electron chi connectivity index (χ1n) is 10.6. The summed E-state index contributed by atoms with van der Waals surface area (Å²) in [5.74, 6) is 0.761. The van der Waals surface area contributed by atoms with Gasteiger partial charge in [-0.1, -0.05) is 48.5 Å². The average molecular weight is 496 g/mol. The molecular weight excluding hydrogens is 470 g/mol. The minimum Gasteiger partial charge on any atom is -0.726 e. The molecule has 3 aromatic carbocycles. The van der Waals surface area contributed by atoms with Crippen molar-refractivity contribution in [3.8, 4) is 11.5 Å². The molecule has 0 aliphatic heterocycles. The number of pyridine rings is 1. The SMILES string of the molecule is COS(=O)(=O)[O-].C[n+]1ccccc1CCOc1ccccc1N=Nc1c(O)ccc2ccccc12. The summed E-state index contributed by atoms with van der Waals surface area (Å²) in [6, 6.07) is 24.9. The van der Waals surface area contributed by atoms with Gasteiger partial charge in [0.15, 0.2) is 11.9 Å². The molecule has 35 heavy (non-hydrogen) atoms. The van der Waals surface area contributed by atoms with E-state index in [1.54, 1.807) is 6.07 Å². The van der Waals surface area contributed by atoms with Crippen LogP contribution in [0.4, 0.5) is 11.4 Å². The van der Waals surface area contributed by atoms with E-state index in [0.717, 1.165) is 24.3 Å². The van der Waals surface area contributed by atoms with Gasteiger partial charge >= 0.3 is 0 Å². The fraction of sp³-hybridized carbons (Fsp3) is 0.160. The van der Waals surface area contributed by atoms with Gasteiger partial charge in [0.25, 0.3) is 0 Å². The molecule has 0 bridgehead atoms. The lowest BCUT2D eigenvalue weighted by Crippen LogP contribution is -2.33. The summed E-state index contributed by atoms with van der Waals surface area (Å²) in [6.45, 7) is 0.532. The molecule has 1 N–H and O–H groups in total. The average Bonchev–Trinajstić information content (AvgIpc) is 2.85. The minimum absolute atomic E-state index is 0.0995. The summed E-state index contributed by atoms with van der Waals surface area (Å²) in [5, 5.41) is 20.8. The molecular formula is C25H25N3O6S. The second-order valence-electron chi connectivity index (χ2n) is 7.30. The Labute approximate surface area is 203 Å². The number of fused-ring (bicyclic) bond motifs is 1. The lowest BCUT2D eigenvalue weighted by molar-refractivity contribution is -0.679. The molecule has 0 unspecified atom stereocenters. The van der Waals surface area contributed by atoms with Crippen LogP contribution in [0.5, 0.6) is 11.5 Å². The van der Waals surface area contributed by atoms with Crippen molar-refractivity contribution in [3.63, 3.8) is 0 Å². The van der Waals surface area contributed by atoms with Crippen molar-refractivity contribution in [1.82, 2.24) is 0 Å². The van der Waals surface area contributed by atoms with Gasteiger partial charge in [-0.3, -0.25) is 4.18 Å². The van der Waals surface area contributed by atoms with Crippen LogP contribution in [0.15, 0.2) is 95.3 Å². The topological polar surface area (TPSA) is 124 Å². The van der Waals surface area contributed by atoms with Crippen molar-refractivity contribution in [2.24, 2.45) is 17.3 Å². The number of benzene rings is 3. The molecule has 0 spiro atoms. The smallest absolute Gasteiger partial charge is 0.217 e. The van der Waals surface area contributed by atoms with Crippen molar-refractivity contribution in [2.45, 2.75) is 6.42 Å². The number of azo groups is 1. The second-order valence-corrected chi connectivity index (χ2v) is 8.45. The predicted octanol–water partition coefficient (Wildman–Crippen LogP) is 4.50. The van der Waals surface area contributed by atoms with E-state index >= 15 is 0 Å². The monoisotopic (exact) mass is 495 g/mol. The van der Waals surface area contributed by atoms with Gasteiger partial charge in [0.05, 0.1) is 20.1 Å². The van der Waals surface area contributed by atoms with Crippen LogP contribution in [0.3, 0.4) is 0 Å². The van der Waals surface area contributed by atoms with Gasteiger partial charge in [-0.05, 0) is 23.6 Å². The summed E-state index contributed by atoms with van der Waals surface area (Å²) in [6.07, 6.45) is 2.81. The van der Waals surface area contributed by atoms with E-state index in [1.807, 2.05) is 80.0 Å². The van der Waals surface area contributed by atoms with Crippen LogP contribution in [-0.4, -0.2) is 31.8 Å². The number of hydrogen-bond donors (Lipinski definition) is 1. The van der Waals surface area contributed by atoms with Gasteiger partial charge < -0.3 is 14.4 Å². The highest BCUT2D eigenvalue weighted by Crippen LogP contribution is 2.37. The normalized spacial score (nSPS) is 11.3. The molecule has 0 radical (unpaired) electrons. The number of aromatic nitrogens is 1. The highest BCUT2D eigenvalue weighted by Gasteiger charge is 2.09. The number of aromatic hydroxyl groups is 1. The predicted molar refractivity (Wildman–Crippen MR) is 130 cm³/mol. The third-order valence-corrected chi connectivity index (χ3v) is 5.39. The first kappa shape index (κ1) is 25.8. The Morgan fingerprint density at radius 2 is 1.63 bits per heavy atom. The highest BCUT2D eigenvalue weighted by molar-refractivity contribution is 7.80. The van der Waals surface area contributed by atoms with E-state index < -0.39 is 10.4 Å². The maximum absolute atomic E-state index is 10.3. The number of phenolic OH excluding ortho intramolecular Hbond substituents is 1. The van der Waals surface area contributed by atoms with Gasteiger partial charge in [0.2, 0.25) is 10.4 Å². The van der Waals surface area contributed by atoms with Crippen molar-refractivity contribution in [3.05, 3.63) is 90.8 Å². The Balaban J connectivity index is 0.000000509. The number of nitrogens with zero attached hydrogens (tertiary/aromatic N) is 3. The molecule has 4 rings (SSSR count). The number of phenols is 1. The zero-order valence-electron chi connectivity index (χ0n) is 19.2. The van der Waals surface area contributed by atoms with Gasteiger partial charge in [-0.2, -0.15) is 0 Å². The number of aryl methyl sites for hydroxylation is 1. The largest absolute Gasteiger partial charge is 0.726 e. The maximum atomic E-state index is 10.3. The van der Waals surface area contributed by atoms with Crippen LogP contribution in [0, 0.1) is 0 Å². The van der Waals surface area contributed by atoms with Crippen molar-refractivity contribution in [1.29, 1.82) is 0 Å². The first-order chi connectivity index (χ1) is 16.8. The molecule has 10 heteroatoms. The number of para-hydroxylation sites is 1. The van der Waals surface area contributed by atoms with Crippen LogP contribution < -0.4 is 9.30 Å². The highest BCUT2D eigenvalue weighted by atomic mass is 32.3. The van der Waals surface area contributed by atoms with Crippen molar-refractivity contribution >= 4 is 32.5 Å². The molecule has 0 aliphatic rings. The Morgan fingerprint density at radius 3 is 2.37 bits per heavy atom. The van der Waals surface area contributed by atoms with Crippen LogP contribution in [-0.2, 0) is 28.1 Å².